The van der Waals surface area contributed by atoms with Crippen molar-refractivity contribution in [3.63, 3.8) is 0 Å². The van der Waals surface area contributed by atoms with Gasteiger partial charge in [-0.2, -0.15) is 0 Å². The summed E-state index contributed by atoms with van der Waals surface area (Å²) in [6.45, 7) is -0.408. The second-order valence-corrected chi connectivity index (χ2v) is 2.28. The third-order valence-corrected chi connectivity index (χ3v) is 1.28. The Bertz CT molecular complexity index is 160. The predicted octanol–water partition coefficient (Wildman–Crippen LogP) is -2.45. The number of aliphatic hydroxyl groups excluding tert-OH is 1. The molecule has 0 aliphatic rings. The molecule has 6 nitrogen and oxygen atoms in total. The Kier molecular flexibility index (Phi) is 5.18. The van der Waals surface area contributed by atoms with Gasteiger partial charge in [0, 0.05) is 6.54 Å². The van der Waals surface area contributed by atoms with Crippen LogP contribution in [0.3, 0.4) is 0 Å². The Labute approximate surface area is 69.4 Å². The fraction of sp³-hybridized carbons (Fsp3) is 0.667. The van der Waals surface area contributed by atoms with Crippen LogP contribution in [0.25, 0.3) is 0 Å². The Hall–Kier alpha value is -0.980. The lowest BCUT2D eigenvalue weighted by Crippen LogP contribution is -2.45. The fourth-order valence-electron chi connectivity index (χ4n) is 0.521. The molecule has 0 aromatic carbocycles. The molecule has 0 amide bonds. The van der Waals surface area contributed by atoms with E-state index in [1.165, 1.54) is 0 Å². The van der Waals surface area contributed by atoms with Gasteiger partial charge in [0.25, 0.3) is 0 Å². The van der Waals surface area contributed by atoms with Crippen LogP contribution in [0.5, 0.6) is 0 Å². The third-order valence-electron chi connectivity index (χ3n) is 1.28. The molecule has 0 aliphatic carbocycles. The van der Waals surface area contributed by atoms with E-state index in [9.17, 15) is 9.59 Å². The fourth-order valence-corrected chi connectivity index (χ4v) is 0.521. The Morgan fingerprint density at radius 3 is 2.58 bits per heavy atom. The van der Waals surface area contributed by atoms with E-state index in [4.69, 9.17) is 15.9 Å². The van der Waals surface area contributed by atoms with Crippen molar-refractivity contribution < 1.29 is 19.8 Å². The van der Waals surface area contributed by atoms with Crippen LogP contribution in [0.2, 0.25) is 0 Å². The van der Waals surface area contributed by atoms with Crippen LogP contribution in [0.4, 0.5) is 0 Å². The average molecular weight is 176 g/mol. The number of carbonyl (C=O) groups is 2. The average Bonchev–Trinajstić information content (AvgIpc) is 2.05. The molecule has 0 heterocycles. The van der Waals surface area contributed by atoms with Crippen molar-refractivity contribution in [2.75, 3.05) is 13.2 Å². The largest absolute Gasteiger partial charge is 0.480 e. The molecule has 1 unspecified atom stereocenters. The van der Waals surface area contributed by atoms with Gasteiger partial charge >= 0.3 is 5.97 Å². The number of carbonyl (C=O) groups excluding carboxylic acids is 1. The molecule has 0 radical (unpaired) electrons. The number of carboxylic acid groups (broad SMARTS) is 1. The molecule has 6 heteroatoms. The van der Waals surface area contributed by atoms with Gasteiger partial charge in [0.05, 0.1) is 12.6 Å². The minimum Gasteiger partial charge on any atom is -0.480 e. The molecule has 0 bridgehead atoms. The molecule has 0 aromatic rings. The summed E-state index contributed by atoms with van der Waals surface area (Å²) in [5.74, 6) is -1.15. The van der Waals surface area contributed by atoms with Crippen molar-refractivity contribution >= 4 is 12.3 Å². The molecular weight excluding hydrogens is 164 g/mol. The second-order valence-electron chi connectivity index (χ2n) is 2.28. The highest BCUT2D eigenvalue weighted by atomic mass is 16.4. The minimum absolute atomic E-state index is 0.0424. The zero-order valence-corrected chi connectivity index (χ0v) is 6.43. The number of nitrogens with one attached hydrogen (secondary N) is 1. The van der Waals surface area contributed by atoms with Crippen molar-refractivity contribution in [3.8, 4) is 0 Å². The van der Waals surface area contributed by atoms with Crippen LogP contribution in [0.1, 0.15) is 0 Å². The standard InChI is InChI=1S/C6H12N2O4/c7-5(6(11)12)1-8-4(2-9)3-10/h2,4-5,8,10H,1,3,7H2,(H,11,12)/t4-,5?/m1/s1. The molecule has 2 atom stereocenters. The maximum Gasteiger partial charge on any atom is 0.321 e. The zero-order valence-electron chi connectivity index (χ0n) is 6.43. The van der Waals surface area contributed by atoms with Crippen molar-refractivity contribution in [1.29, 1.82) is 0 Å². The Morgan fingerprint density at radius 1 is 1.67 bits per heavy atom. The Morgan fingerprint density at radius 2 is 2.25 bits per heavy atom. The SMILES string of the molecule is NC(CN[C@H](C=O)CO)C(=O)O. The van der Waals surface area contributed by atoms with Crippen molar-refractivity contribution in [2.24, 2.45) is 5.73 Å². The summed E-state index contributed by atoms with van der Waals surface area (Å²) < 4.78 is 0. The topological polar surface area (TPSA) is 113 Å². The van der Waals surface area contributed by atoms with Gasteiger partial charge in [-0.1, -0.05) is 0 Å². The molecule has 5 N–H and O–H groups in total. The molecule has 0 saturated heterocycles. The quantitative estimate of drug-likeness (QED) is 0.334. The van der Waals surface area contributed by atoms with Crippen molar-refractivity contribution in [1.82, 2.24) is 5.32 Å². The lowest BCUT2D eigenvalue weighted by molar-refractivity contribution is -0.138. The molecule has 0 rings (SSSR count). The van der Waals surface area contributed by atoms with Crippen LogP contribution >= 0.6 is 0 Å². The maximum atomic E-state index is 10.2. The summed E-state index contributed by atoms with van der Waals surface area (Å²) in [6.07, 6.45) is 0.495. The summed E-state index contributed by atoms with van der Waals surface area (Å²) >= 11 is 0. The minimum atomic E-state index is -1.15. The molecule has 0 fully saturated rings. The van der Waals surface area contributed by atoms with Gasteiger partial charge in [-0.15, -0.1) is 0 Å². The van der Waals surface area contributed by atoms with Gasteiger partial charge in [-0.05, 0) is 0 Å². The predicted molar refractivity (Wildman–Crippen MR) is 40.6 cm³/mol. The van der Waals surface area contributed by atoms with Crippen molar-refractivity contribution in [2.45, 2.75) is 12.1 Å². The first-order valence-electron chi connectivity index (χ1n) is 3.39. The highest BCUT2D eigenvalue weighted by Gasteiger charge is 2.13. The highest BCUT2D eigenvalue weighted by molar-refractivity contribution is 5.73. The zero-order chi connectivity index (χ0) is 9.56. The first-order chi connectivity index (χ1) is 5.61. The first-order valence-corrected chi connectivity index (χ1v) is 3.39. The molecule has 0 aliphatic heterocycles. The number of hydrogen-bond acceptors (Lipinski definition) is 5. The third kappa shape index (κ3) is 4.02. The molecule has 12 heavy (non-hydrogen) atoms. The van der Waals surface area contributed by atoms with Gasteiger partial charge in [-0.3, -0.25) is 4.79 Å². The van der Waals surface area contributed by atoms with Crippen LogP contribution in [-0.4, -0.2) is 47.7 Å². The van der Waals surface area contributed by atoms with E-state index >= 15 is 0 Å². The summed E-state index contributed by atoms with van der Waals surface area (Å²) in [5, 5.41) is 19.3. The van der Waals surface area contributed by atoms with E-state index in [0.717, 1.165) is 0 Å². The number of aliphatic carboxylic acids is 1. The van der Waals surface area contributed by atoms with Crippen molar-refractivity contribution in [3.05, 3.63) is 0 Å². The lowest BCUT2D eigenvalue weighted by atomic mass is 10.3. The van der Waals surface area contributed by atoms with Crippen LogP contribution in [0.15, 0.2) is 0 Å². The van der Waals surface area contributed by atoms with Crippen LogP contribution < -0.4 is 11.1 Å². The number of nitrogens with two attached hydrogens (primary N) is 1. The molecule has 0 aromatic heterocycles. The first kappa shape index (κ1) is 11.0. The van der Waals surface area contributed by atoms with E-state index in [-0.39, 0.29) is 13.2 Å². The number of rotatable bonds is 6. The van der Waals surface area contributed by atoms with Gasteiger partial charge in [0.2, 0.25) is 0 Å². The van der Waals surface area contributed by atoms with Crippen LogP contribution in [0, 0.1) is 0 Å². The van der Waals surface area contributed by atoms with Gasteiger partial charge in [0.15, 0.2) is 0 Å². The van der Waals surface area contributed by atoms with Gasteiger partial charge in [-0.25, -0.2) is 0 Å². The molecule has 0 spiro atoms. The molecule has 70 valence electrons. The second kappa shape index (κ2) is 5.64. The Balaban J connectivity index is 3.65. The summed E-state index contributed by atoms with van der Waals surface area (Å²) in [6, 6.07) is -1.80. The van der Waals surface area contributed by atoms with E-state index < -0.39 is 18.1 Å². The smallest absolute Gasteiger partial charge is 0.321 e. The number of hydrogen-bond donors (Lipinski definition) is 4. The maximum absolute atomic E-state index is 10.2. The monoisotopic (exact) mass is 176 g/mol. The molecular formula is C6H12N2O4. The van der Waals surface area contributed by atoms with Crippen LogP contribution in [-0.2, 0) is 9.59 Å². The van der Waals surface area contributed by atoms with E-state index in [2.05, 4.69) is 5.32 Å². The summed E-state index contributed by atoms with van der Waals surface area (Å²) in [4.78, 5) is 20.3. The highest BCUT2D eigenvalue weighted by Crippen LogP contribution is 1.79. The van der Waals surface area contributed by atoms with E-state index in [1.54, 1.807) is 0 Å². The lowest BCUT2D eigenvalue weighted by Gasteiger charge is -2.11. The number of aldehydes is 1. The molecule has 0 saturated carbocycles. The number of carboxylic acids is 1. The normalized spacial score (nSPS) is 15.2. The van der Waals surface area contributed by atoms with E-state index in [0.29, 0.717) is 6.29 Å². The van der Waals surface area contributed by atoms with E-state index in [1.807, 2.05) is 0 Å². The summed E-state index contributed by atoms with van der Waals surface area (Å²) in [7, 11) is 0. The van der Waals surface area contributed by atoms with Gasteiger partial charge < -0.3 is 26.1 Å². The summed E-state index contributed by atoms with van der Waals surface area (Å²) in [5.41, 5.74) is 5.11. The number of aliphatic hydroxyl groups is 1. The van der Waals surface area contributed by atoms with Gasteiger partial charge in [0.1, 0.15) is 12.3 Å².